The second-order valence-electron chi connectivity index (χ2n) is 4.60. The molecule has 0 radical (unpaired) electrons. The van der Waals surface area contributed by atoms with Gasteiger partial charge >= 0.3 is 0 Å². The summed E-state index contributed by atoms with van der Waals surface area (Å²) < 4.78 is 29.2. The Morgan fingerprint density at radius 3 is 2.74 bits per heavy atom. The first-order valence-corrected chi connectivity index (χ1v) is 8.51. The Hall–Kier alpha value is -1.11. The second-order valence-corrected chi connectivity index (χ2v) is 7.49. The lowest BCUT2D eigenvalue weighted by molar-refractivity contribution is 0.545. The summed E-state index contributed by atoms with van der Waals surface area (Å²) in [4.78, 5) is 0. The number of rotatable bonds is 6. The number of aryl methyl sites for hydroxylation is 2. The largest absolute Gasteiger partial charge is 0.354 e. The molecular weight excluding hydrogens is 280 g/mol. The van der Waals surface area contributed by atoms with Gasteiger partial charge in [-0.05, 0) is 43.3 Å². The van der Waals surface area contributed by atoms with Crippen LogP contribution in [0.25, 0.3) is 0 Å². The zero-order chi connectivity index (χ0) is 13.9. The van der Waals surface area contributed by atoms with Crippen molar-refractivity contribution in [1.29, 1.82) is 0 Å². The average molecular weight is 298 g/mol. The van der Waals surface area contributed by atoms with Crippen LogP contribution in [-0.4, -0.2) is 19.0 Å². The number of thiophene rings is 1. The normalized spacial score (nSPS) is 13.6. The van der Waals surface area contributed by atoms with Crippen LogP contribution in [0, 0.1) is 0 Å². The maximum absolute atomic E-state index is 12.0. The van der Waals surface area contributed by atoms with Gasteiger partial charge in [0, 0.05) is 25.0 Å². The SMILES string of the molecule is CC(CCc1cccn1C)NS(=O)(=O)c1cccs1. The van der Waals surface area contributed by atoms with Crippen LogP contribution in [0.3, 0.4) is 0 Å². The van der Waals surface area contributed by atoms with E-state index in [0.29, 0.717) is 4.21 Å². The van der Waals surface area contributed by atoms with Gasteiger partial charge in [0.05, 0.1) is 0 Å². The Morgan fingerprint density at radius 2 is 2.16 bits per heavy atom. The van der Waals surface area contributed by atoms with E-state index < -0.39 is 10.0 Å². The molecule has 0 saturated carbocycles. The Bertz CT molecular complexity index is 615. The van der Waals surface area contributed by atoms with E-state index in [9.17, 15) is 8.42 Å². The molecule has 0 aliphatic carbocycles. The van der Waals surface area contributed by atoms with E-state index in [2.05, 4.69) is 15.4 Å². The smallest absolute Gasteiger partial charge is 0.250 e. The summed E-state index contributed by atoms with van der Waals surface area (Å²) in [6.45, 7) is 1.90. The third-order valence-electron chi connectivity index (χ3n) is 3.00. The minimum absolute atomic E-state index is 0.0815. The van der Waals surface area contributed by atoms with Crippen LogP contribution in [0.15, 0.2) is 40.1 Å². The predicted octanol–water partition coefficient (Wildman–Crippen LogP) is 2.39. The highest BCUT2D eigenvalue weighted by atomic mass is 32.2. The topological polar surface area (TPSA) is 51.1 Å². The third-order valence-corrected chi connectivity index (χ3v) is 5.99. The molecule has 6 heteroatoms. The zero-order valence-corrected chi connectivity index (χ0v) is 12.7. The Kier molecular flexibility index (Phi) is 4.44. The fourth-order valence-corrected chi connectivity index (χ4v) is 4.21. The molecule has 1 atom stereocenters. The van der Waals surface area contributed by atoms with Gasteiger partial charge in [-0.1, -0.05) is 6.07 Å². The van der Waals surface area contributed by atoms with Gasteiger partial charge in [0.1, 0.15) is 4.21 Å². The molecule has 0 aromatic carbocycles. The molecule has 4 nitrogen and oxygen atoms in total. The van der Waals surface area contributed by atoms with E-state index in [-0.39, 0.29) is 6.04 Å². The molecule has 1 unspecified atom stereocenters. The molecule has 0 bridgehead atoms. The van der Waals surface area contributed by atoms with Crippen molar-refractivity contribution >= 4 is 21.4 Å². The van der Waals surface area contributed by atoms with E-state index in [4.69, 9.17) is 0 Å². The number of aromatic nitrogens is 1. The molecule has 0 amide bonds. The van der Waals surface area contributed by atoms with Crippen molar-refractivity contribution in [2.75, 3.05) is 0 Å². The molecular formula is C13H18N2O2S2. The molecule has 2 heterocycles. The van der Waals surface area contributed by atoms with Gasteiger partial charge in [-0.15, -0.1) is 11.3 Å². The molecule has 19 heavy (non-hydrogen) atoms. The average Bonchev–Trinajstić information content (AvgIpc) is 2.96. The van der Waals surface area contributed by atoms with Crippen molar-refractivity contribution in [1.82, 2.24) is 9.29 Å². The standard InChI is InChI=1S/C13H18N2O2S2/c1-11(7-8-12-5-3-9-15(12)2)14-19(16,17)13-6-4-10-18-13/h3-6,9-11,14H,7-8H2,1-2H3. The van der Waals surface area contributed by atoms with Crippen molar-refractivity contribution in [2.45, 2.75) is 30.0 Å². The van der Waals surface area contributed by atoms with Crippen LogP contribution in [0.5, 0.6) is 0 Å². The number of sulfonamides is 1. The third kappa shape index (κ3) is 3.68. The van der Waals surface area contributed by atoms with Crippen LogP contribution in [0.1, 0.15) is 19.0 Å². The van der Waals surface area contributed by atoms with Crippen molar-refractivity contribution in [3.63, 3.8) is 0 Å². The summed E-state index contributed by atoms with van der Waals surface area (Å²) >= 11 is 1.24. The van der Waals surface area contributed by atoms with E-state index in [1.807, 2.05) is 26.2 Å². The molecule has 0 spiro atoms. The number of nitrogens with one attached hydrogen (secondary N) is 1. The summed E-state index contributed by atoms with van der Waals surface area (Å²) in [5.41, 5.74) is 1.21. The van der Waals surface area contributed by atoms with Crippen LogP contribution in [0.2, 0.25) is 0 Å². The lowest BCUT2D eigenvalue weighted by atomic mass is 10.1. The summed E-state index contributed by atoms with van der Waals surface area (Å²) in [5, 5.41) is 1.77. The van der Waals surface area contributed by atoms with E-state index in [1.165, 1.54) is 17.0 Å². The molecule has 0 saturated heterocycles. The van der Waals surface area contributed by atoms with Gasteiger partial charge in [0.15, 0.2) is 0 Å². The summed E-state index contributed by atoms with van der Waals surface area (Å²) in [6.07, 6.45) is 3.63. The highest BCUT2D eigenvalue weighted by molar-refractivity contribution is 7.91. The van der Waals surface area contributed by atoms with Crippen molar-refractivity contribution < 1.29 is 8.42 Å². The lowest BCUT2D eigenvalue weighted by Gasteiger charge is -2.13. The van der Waals surface area contributed by atoms with E-state index in [1.54, 1.807) is 17.5 Å². The molecule has 0 fully saturated rings. The summed E-state index contributed by atoms with van der Waals surface area (Å²) in [7, 11) is -1.36. The molecule has 1 N–H and O–H groups in total. The Balaban J connectivity index is 1.91. The molecule has 2 rings (SSSR count). The maximum Gasteiger partial charge on any atom is 0.250 e. The van der Waals surface area contributed by atoms with Crippen LogP contribution >= 0.6 is 11.3 Å². The van der Waals surface area contributed by atoms with E-state index >= 15 is 0 Å². The molecule has 0 aliphatic rings. The van der Waals surface area contributed by atoms with Gasteiger partial charge in [-0.25, -0.2) is 13.1 Å². The fraction of sp³-hybridized carbons (Fsp3) is 0.385. The highest BCUT2D eigenvalue weighted by Crippen LogP contribution is 2.16. The van der Waals surface area contributed by atoms with Gasteiger partial charge in [-0.2, -0.15) is 0 Å². The first-order valence-electron chi connectivity index (χ1n) is 6.15. The van der Waals surface area contributed by atoms with Gasteiger partial charge in [0.25, 0.3) is 0 Å². The first-order chi connectivity index (χ1) is 8.99. The zero-order valence-electron chi connectivity index (χ0n) is 11.0. The minimum atomic E-state index is -3.36. The second kappa shape index (κ2) is 5.90. The predicted molar refractivity (Wildman–Crippen MR) is 77.8 cm³/mol. The number of nitrogens with zero attached hydrogens (tertiary/aromatic N) is 1. The van der Waals surface area contributed by atoms with E-state index in [0.717, 1.165) is 12.8 Å². The Morgan fingerprint density at radius 1 is 1.37 bits per heavy atom. The summed E-state index contributed by atoms with van der Waals surface area (Å²) in [6, 6.07) is 7.34. The first kappa shape index (κ1) is 14.3. The summed E-state index contributed by atoms with van der Waals surface area (Å²) in [5.74, 6) is 0. The molecule has 104 valence electrons. The van der Waals surface area contributed by atoms with Gasteiger partial charge in [0.2, 0.25) is 10.0 Å². The van der Waals surface area contributed by atoms with Crippen molar-refractivity contribution in [2.24, 2.45) is 7.05 Å². The van der Waals surface area contributed by atoms with Gasteiger partial charge < -0.3 is 4.57 Å². The lowest BCUT2D eigenvalue weighted by Crippen LogP contribution is -2.32. The molecule has 2 aromatic rings. The van der Waals surface area contributed by atoms with Crippen LogP contribution < -0.4 is 4.72 Å². The monoisotopic (exact) mass is 298 g/mol. The van der Waals surface area contributed by atoms with Crippen molar-refractivity contribution in [3.05, 3.63) is 41.5 Å². The highest BCUT2D eigenvalue weighted by Gasteiger charge is 2.18. The molecule has 2 aromatic heterocycles. The quantitative estimate of drug-likeness (QED) is 0.890. The van der Waals surface area contributed by atoms with Crippen molar-refractivity contribution in [3.8, 4) is 0 Å². The maximum atomic E-state index is 12.0. The Labute approximate surface area is 118 Å². The number of hydrogen-bond acceptors (Lipinski definition) is 3. The number of hydrogen-bond donors (Lipinski definition) is 1. The van der Waals surface area contributed by atoms with Gasteiger partial charge in [-0.3, -0.25) is 0 Å². The minimum Gasteiger partial charge on any atom is -0.354 e. The molecule has 0 aliphatic heterocycles. The van der Waals surface area contributed by atoms with Crippen LogP contribution in [-0.2, 0) is 23.5 Å². The fourth-order valence-electron chi connectivity index (χ4n) is 1.92. The van der Waals surface area contributed by atoms with Crippen LogP contribution in [0.4, 0.5) is 0 Å².